The number of rotatable bonds is 5. The summed E-state index contributed by atoms with van der Waals surface area (Å²) in [6, 6.07) is 6.39. The van der Waals surface area contributed by atoms with Crippen LogP contribution in [-0.4, -0.2) is 75.0 Å². The molecule has 244 valence electrons. The number of halogens is 2. The number of nitrogens with zero attached hydrogens (tertiary/aromatic N) is 6. The summed E-state index contributed by atoms with van der Waals surface area (Å²) in [5, 5.41) is 0.167. The molecule has 11 nitrogen and oxygen atoms in total. The Morgan fingerprint density at radius 2 is 1.96 bits per heavy atom. The number of benzene rings is 1. The maximum Gasteiger partial charge on any atom is 0.355 e. The van der Waals surface area contributed by atoms with E-state index < -0.39 is 41.5 Å². The number of aromatic nitrogens is 4. The molecule has 47 heavy (non-hydrogen) atoms. The van der Waals surface area contributed by atoms with Crippen molar-refractivity contribution in [2.45, 2.75) is 45.8 Å². The Hall–Kier alpha value is -5.04. The number of fused-ring (bicyclic) bond motifs is 5. The zero-order valence-electron chi connectivity index (χ0n) is 26.5. The second-order valence-electron chi connectivity index (χ2n) is 11.8. The normalized spacial score (nSPS) is 18.0. The highest BCUT2D eigenvalue weighted by molar-refractivity contribution is 5.93. The molecule has 2 atom stereocenters. The number of ketones is 1. The smallest absolute Gasteiger partial charge is 0.355 e. The molecule has 1 aromatic carbocycles. The molecule has 0 spiro atoms. The Morgan fingerprint density at radius 1 is 1.17 bits per heavy atom. The highest BCUT2D eigenvalue weighted by atomic mass is 19.1. The van der Waals surface area contributed by atoms with Gasteiger partial charge in [0.25, 0.3) is 0 Å². The van der Waals surface area contributed by atoms with Crippen LogP contribution in [0.1, 0.15) is 51.0 Å². The summed E-state index contributed by atoms with van der Waals surface area (Å²) >= 11 is 0. The average Bonchev–Trinajstić information content (AvgIpc) is 3.05. The van der Waals surface area contributed by atoms with Gasteiger partial charge in [-0.25, -0.2) is 23.1 Å². The Balaban J connectivity index is 1.73. The lowest BCUT2D eigenvalue weighted by Crippen LogP contribution is -2.54. The zero-order valence-corrected chi connectivity index (χ0v) is 26.5. The third-order valence-electron chi connectivity index (χ3n) is 8.43. The van der Waals surface area contributed by atoms with Crippen LogP contribution in [0.5, 0.6) is 5.75 Å². The Kier molecular flexibility index (Phi) is 8.58. The van der Waals surface area contributed by atoms with Crippen LogP contribution in [0, 0.1) is 11.6 Å². The van der Waals surface area contributed by atoms with Crippen LogP contribution in [0.15, 0.2) is 54.0 Å². The van der Waals surface area contributed by atoms with Gasteiger partial charge in [-0.3, -0.25) is 14.6 Å². The lowest BCUT2D eigenvalue weighted by Gasteiger charge is -2.40. The summed E-state index contributed by atoms with van der Waals surface area (Å²) in [6.45, 7) is 11.5. The second kappa shape index (κ2) is 12.6. The first-order valence-electron chi connectivity index (χ1n) is 15.4. The van der Waals surface area contributed by atoms with Crippen LogP contribution in [0.3, 0.4) is 0 Å². The summed E-state index contributed by atoms with van der Waals surface area (Å²) in [6.07, 6.45) is 1.58. The zero-order chi connectivity index (χ0) is 33.6. The lowest BCUT2D eigenvalue weighted by atomic mass is 9.98. The molecule has 0 aliphatic carbocycles. The van der Waals surface area contributed by atoms with E-state index in [1.807, 2.05) is 25.7 Å². The van der Waals surface area contributed by atoms with Gasteiger partial charge in [-0.2, -0.15) is 4.98 Å². The summed E-state index contributed by atoms with van der Waals surface area (Å²) < 4.78 is 44.8. The minimum Gasteiger partial charge on any atom is -0.485 e. The van der Waals surface area contributed by atoms with E-state index in [4.69, 9.17) is 9.47 Å². The summed E-state index contributed by atoms with van der Waals surface area (Å²) in [7, 11) is 0. The highest BCUT2D eigenvalue weighted by Crippen LogP contribution is 2.39. The summed E-state index contributed by atoms with van der Waals surface area (Å²) in [5.74, 6) is -2.64. The monoisotopic (exact) mass is 644 g/mol. The van der Waals surface area contributed by atoms with Crippen molar-refractivity contribution in [3.63, 3.8) is 0 Å². The van der Waals surface area contributed by atoms with E-state index >= 15 is 8.78 Å². The number of piperazine rings is 1. The van der Waals surface area contributed by atoms with E-state index in [1.54, 1.807) is 17.9 Å². The first-order chi connectivity index (χ1) is 22.5. The Morgan fingerprint density at radius 3 is 2.66 bits per heavy atom. The van der Waals surface area contributed by atoms with Crippen molar-refractivity contribution < 1.29 is 27.8 Å². The van der Waals surface area contributed by atoms with E-state index in [0.717, 1.165) is 6.07 Å². The Labute approximate surface area is 269 Å². The third kappa shape index (κ3) is 5.54. The van der Waals surface area contributed by atoms with E-state index in [0.29, 0.717) is 24.3 Å². The van der Waals surface area contributed by atoms with Crippen molar-refractivity contribution in [1.82, 2.24) is 24.4 Å². The second-order valence-corrected chi connectivity index (χ2v) is 11.8. The van der Waals surface area contributed by atoms with Crippen molar-refractivity contribution in [3.05, 3.63) is 82.6 Å². The van der Waals surface area contributed by atoms with Gasteiger partial charge in [0.05, 0.1) is 22.3 Å². The van der Waals surface area contributed by atoms with Gasteiger partial charge in [-0.1, -0.05) is 26.5 Å². The molecule has 6 rings (SSSR count). The molecule has 0 radical (unpaired) electrons. The predicted octanol–water partition coefficient (Wildman–Crippen LogP) is 4.51. The molecular weight excluding hydrogens is 610 g/mol. The highest BCUT2D eigenvalue weighted by Gasteiger charge is 2.34. The molecular formula is C34H34F2N6O5. The van der Waals surface area contributed by atoms with Crippen LogP contribution in [0.4, 0.5) is 14.6 Å². The number of anilines is 1. The van der Waals surface area contributed by atoms with Gasteiger partial charge >= 0.3 is 5.69 Å². The van der Waals surface area contributed by atoms with Crippen molar-refractivity contribution >= 4 is 28.5 Å². The van der Waals surface area contributed by atoms with Crippen molar-refractivity contribution in [1.29, 1.82) is 0 Å². The maximum absolute atomic E-state index is 16.3. The fraction of sp³-hybridized carbons (Fsp3) is 0.353. The van der Waals surface area contributed by atoms with Gasteiger partial charge in [0.15, 0.2) is 11.5 Å². The number of hydrogen-bond acceptors (Lipinski definition) is 9. The Bertz CT molecular complexity index is 1980. The van der Waals surface area contributed by atoms with Crippen LogP contribution in [0.2, 0.25) is 0 Å². The molecule has 2 aliphatic rings. The van der Waals surface area contributed by atoms with Gasteiger partial charge in [-0.05, 0) is 50.1 Å². The van der Waals surface area contributed by atoms with Gasteiger partial charge in [0.1, 0.15) is 35.8 Å². The summed E-state index contributed by atoms with van der Waals surface area (Å²) in [4.78, 5) is 57.6. The van der Waals surface area contributed by atoms with Crippen molar-refractivity contribution in [3.8, 4) is 22.7 Å². The van der Waals surface area contributed by atoms with E-state index in [-0.39, 0.29) is 64.9 Å². The standard InChI is InChI=1S/C34H34F2N6O5/c1-6-26(44)40-13-14-41(19(5)16-40)32-21-15-23(36)29-27-22(35)9-8-10-25(27)47-17-24(43)31(46-7-2)20-11-12-37-28(18(3)4)30(20)42(33(21)38-29)34(45)39-32/h6,8-12,15,18-19,31H,1,7,13-14,16-17H2,2-5H3/t19-,31?/m0/s1. The van der Waals surface area contributed by atoms with Crippen LogP contribution in [0.25, 0.3) is 28.0 Å². The molecule has 5 heterocycles. The molecule has 0 saturated carbocycles. The van der Waals surface area contributed by atoms with E-state index in [2.05, 4.69) is 21.5 Å². The molecule has 1 fully saturated rings. The SMILES string of the molecule is C=CC(=O)N1CCN(c2nc(=O)n3c4nc(c(F)cc24)-c2c(F)cccc2OCC(=O)C(OCC)c2ccnc(C(C)C)c2-3)[C@@H](C)C1. The minimum absolute atomic E-state index is 0.0261. The maximum atomic E-state index is 16.3. The number of Topliss-reactive ketones (excluding diaryl/α,β-unsaturated/α-hetero) is 1. The number of pyridine rings is 2. The quantitative estimate of drug-likeness (QED) is 0.289. The van der Waals surface area contributed by atoms with E-state index in [9.17, 15) is 14.4 Å². The predicted molar refractivity (Wildman–Crippen MR) is 171 cm³/mol. The fourth-order valence-electron chi connectivity index (χ4n) is 6.27. The number of hydrogen-bond donors (Lipinski definition) is 0. The number of carbonyl (C=O) groups excluding carboxylic acids is 2. The molecule has 2 aliphatic heterocycles. The van der Waals surface area contributed by atoms with Crippen molar-refractivity contribution in [2.24, 2.45) is 0 Å². The van der Waals surface area contributed by atoms with Crippen LogP contribution in [-0.2, 0) is 14.3 Å². The van der Waals surface area contributed by atoms with Gasteiger partial charge in [-0.15, -0.1) is 0 Å². The molecule has 4 aromatic rings. The minimum atomic E-state index is -1.19. The lowest BCUT2D eigenvalue weighted by molar-refractivity contribution is -0.132. The van der Waals surface area contributed by atoms with Crippen LogP contribution < -0.4 is 15.3 Å². The largest absolute Gasteiger partial charge is 0.485 e. The third-order valence-corrected chi connectivity index (χ3v) is 8.43. The molecule has 13 heteroatoms. The number of ether oxygens (including phenoxy) is 2. The van der Waals surface area contributed by atoms with Gasteiger partial charge < -0.3 is 19.3 Å². The number of amides is 1. The van der Waals surface area contributed by atoms with Crippen molar-refractivity contribution in [2.75, 3.05) is 37.7 Å². The topological polar surface area (TPSA) is 120 Å². The first-order valence-corrected chi connectivity index (χ1v) is 15.4. The van der Waals surface area contributed by atoms with Gasteiger partial charge in [0, 0.05) is 44.0 Å². The fourth-order valence-corrected chi connectivity index (χ4v) is 6.27. The van der Waals surface area contributed by atoms with Gasteiger partial charge in [0.2, 0.25) is 11.7 Å². The van der Waals surface area contributed by atoms with E-state index in [1.165, 1.54) is 35.0 Å². The molecule has 1 saturated heterocycles. The molecule has 1 unspecified atom stereocenters. The molecule has 1 amide bonds. The van der Waals surface area contributed by atoms with Crippen LogP contribution >= 0.6 is 0 Å². The molecule has 2 bridgehead atoms. The molecule has 0 N–H and O–H groups in total. The first kappa shape index (κ1) is 31.9. The average molecular weight is 645 g/mol. The summed E-state index contributed by atoms with van der Waals surface area (Å²) in [5.41, 5.74) is -0.508. The molecule has 3 aromatic heterocycles. The number of carbonyl (C=O) groups is 2.